The fraction of sp³-hybridized carbons (Fsp3) is 0.357. The second-order valence-corrected chi connectivity index (χ2v) is 4.49. The number of aliphatic imine (C=N–C) groups is 1. The topological polar surface area (TPSA) is 76.4 Å². The highest BCUT2D eigenvalue weighted by Gasteiger charge is 2.03. The highest BCUT2D eigenvalue weighted by molar-refractivity contribution is 5.79. The summed E-state index contributed by atoms with van der Waals surface area (Å²) in [5, 5.41) is 14.3. The van der Waals surface area contributed by atoms with Crippen molar-refractivity contribution in [2.75, 3.05) is 14.2 Å². The Balaban J connectivity index is 1.86. The molecule has 7 nitrogen and oxygen atoms in total. The van der Waals surface area contributed by atoms with E-state index in [-0.39, 0.29) is 0 Å². The van der Waals surface area contributed by atoms with Gasteiger partial charge < -0.3 is 19.9 Å². The molecule has 0 saturated heterocycles. The third-order valence-corrected chi connectivity index (χ3v) is 3.04. The Kier molecular flexibility index (Phi) is 5.14. The van der Waals surface area contributed by atoms with Crippen LogP contribution in [-0.4, -0.2) is 34.9 Å². The molecule has 1 aromatic heterocycles. The lowest BCUT2D eigenvalue weighted by molar-refractivity contribution is 0.414. The summed E-state index contributed by atoms with van der Waals surface area (Å²) in [6.07, 6.45) is 1.67. The summed E-state index contributed by atoms with van der Waals surface area (Å²) in [6.45, 7) is 1.23. The van der Waals surface area contributed by atoms with E-state index >= 15 is 0 Å². The van der Waals surface area contributed by atoms with E-state index in [4.69, 9.17) is 4.74 Å². The largest absolute Gasteiger partial charge is 0.497 e. The maximum Gasteiger partial charge on any atom is 0.191 e. The van der Waals surface area contributed by atoms with Gasteiger partial charge in [-0.1, -0.05) is 12.1 Å². The van der Waals surface area contributed by atoms with E-state index in [1.165, 1.54) is 0 Å². The van der Waals surface area contributed by atoms with E-state index in [1.807, 2.05) is 35.9 Å². The third-order valence-electron chi connectivity index (χ3n) is 3.04. The second-order valence-electron chi connectivity index (χ2n) is 4.49. The number of aromatic nitrogens is 3. The molecule has 0 bridgehead atoms. The Morgan fingerprint density at radius 1 is 1.33 bits per heavy atom. The van der Waals surface area contributed by atoms with Crippen molar-refractivity contribution in [2.45, 2.75) is 13.1 Å². The molecule has 0 atom stereocenters. The predicted molar refractivity (Wildman–Crippen MR) is 81.0 cm³/mol. The number of benzene rings is 1. The number of rotatable bonds is 5. The van der Waals surface area contributed by atoms with Crippen LogP contribution in [-0.2, 0) is 20.1 Å². The zero-order chi connectivity index (χ0) is 15.1. The van der Waals surface area contributed by atoms with Crippen LogP contribution in [0.3, 0.4) is 0 Å². The van der Waals surface area contributed by atoms with Gasteiger partial charge in [0.15, 0.2) is 11.8 Å². The first-order valence-electron chi connectivity index (χ1n) is 6.63. The number of nitrogens with zero attached hydrogens (tertiary/aromatic N) is 4. The first-order valence-corrected chi connectivity index (χ1v) is 6.63. The lowest BCUT2D eigenvalue weighted by Crippen LogP contribution is -2.36. The Bertz CT molecular complexity index is 607. The molecule has 0 radical (unpaired) electrons. The highest BCUT2D eigenvalue weighted by Crippen LogP contribution is 2.11. The van der Waals surface area contributed by atoms with E-state index in [1.54, 1.807) is 20.5 Å². The van der Waals surface area contributed by atoms with Gasteiger partial charge in [0, 0.05) is 20.6 Å². The number of guanidine groups is 1. The summed E-state index contributed by atoms with van der Waals surface area (Å²) in [5.74, 6) is 2.40. The molecule has 0 fully saturated rings. The molecule has 21 heavy (non-hydrogen) atoms. The summed E-state index contributed by atoms with van der Waals surface area (Å²) in [4.78, 5) is 4.18. The van der Waals surface area contributed by atoms with E-state index in [2.05, 4.69) is 25.8 Å². The molecule has 0 amide bonds. The lowest BCUT2D eigenvalue weighted by atomic mass is 10.2. The van der Waals surface area contributed by atoms with Gasteiger partial charge in [0.1, 0.15) is 12.1 Å². The SMILES string of the molecule is CN=C(NCc1cccc(OC)c1)NCc1nncn1C. The molecule has 1 aromatic carbocycles. The molecule has 0 saturated carbocycles. The van der Waals surface area contributed by atoms with E-state index in [0.29, 0.717) is 19.0 Å². The molecule has 2 rings (SSSR count). The highest BCUT2D eigenvalue weighted by atomic mass is 16.5. The Hall–Kier alpha value is -2.57. The monoisotopic (exact) mass is 288 g/mol. The van der Waals surface area contributed by atoms with E-state index < -0.39 is 0 Å². The molecule has 0 unspecified atom stereocenters. The van der Waals surface area contributed by atoms with Crippen molar-refractivity contribution in [3.05, 3.63) is 42.0 Å². The van der Waals surface area contributed by atoms with Crippen LogP contribution >= 0.6 is 0 Å². The summed E-state index contributed by atoms with van der Waals surface area (Å²) in [7, 11) is 5.30. The normalized spacial score (nSPS) is 11.3. The number of aryl methyl sites for hydroxylation is 1. The van der Waals surface area contributed by atoms with Gasteiger partial charge in [0.05, 0.1) is 13.7 Å². The summed E-state index contributed by atoms with van der Waals surface area (Å²) in [6, 6.07) is 7.91. The quantitative estimate of drug-likeness (QED) is 0.625. The number of hydrogen-bond donors (Lipinski definition) is 2. The number of nitrogens with one attached hydrogen (secondary N) is 2. The van der Waals surface area contributed by atoms with Gasteiger partial charge in [-0.15, -0.1) is 10.2 Å². The minimum absolute atomic E-state index is 0.564. The van der Waals surface area contributed by atoms with Crippen LogP contribution in [0.5, 0.6) is 5.75 Å². The molecular weight excluding hydrogens is 268 g/mol. The Morgan fingerprint density at radius 2 is 2.14 bits per heavy atom. The van der Waals surface area contributed by atoms with Gasteiger partial charge >= 0.3 is 0 Å². The molecule has 0 aliphatic carbocycles. The van der Waals surface area contributed by atoms with Crippen LogP contribution in [0.25, 0.3) is 0 Å². The van der Waals surface area contributed by atoms with Crippen molar-refractivity contribution in [3.63, 3.8) is 0 Å². The summed E-state index contributed by atoms with van der Waals surface area (Å²) >= 11 is 0. The van der Waals surface area contributed by atoms with Crippen LogP contribution in [0.1, 0.15) is 11.4 Å². The maximum absolute atomic E-state index is 5.21. The molecule has 0 spiro atoms. The molecular formula is C14H20N6O. The van der Waals surface area contributed by atoms with Gasteiger partial charge in [-0.25, -0.2) is 0 Å². The molecule has 2 N–H and O–H groups in total. The number of hydrogen-bond acceptors (Lipinski definition) is 4. The lowest BCUT2D eigenvalue weighted by Gasteiger charge is -2.12. The molecule has 7 heteroatoms. The molecule has 1 heterocycles. The van der Waals surface area contributed by atoms with Gasteiger partial charge in [0.25, 0.3) is 0 Å². The average molecular weight is 288 g/mol. The van der Waals surface area contributed by atoms with Crippen molar-refractivity contribution in [1.29, 1.82) is 0 Å². The van der Waals surface area contributed by atoms with Crippen molar-refractivity contribution in [3.8, 4) is 5.75 Å². The fourth-order valence-corrected chi connectivity index (χ4v) is 1.82. The number of ether oxygens (including phenoxy) is 1. The maximum atomic E-state index is 5.21. The van der Waals surface area contributed by atoms with E-state index in [0.717, 1.165) is 17.1 Å². The smallest absolute Gasteiger partial charge is 0.191 e. The standard InChI is InChI=1S/C14H20N6O/c1-15-14(17-9-13-19-18-10-20(13)2)16-8-11-5-4-6-12(7-11)21-3/h4-7,10H,8-9H2,1-3H3,(H2,15,16,17). The Morgan fingerprint density at radius 3 is 2.81 bits per heavy atom. The molecule has 0 aliphatic rings. The van der Waals surface area contributed by atoms with Gasteiger partial charge in [-0.05, 0) is 17.7 Å². The van der Waals surface area contributed by atoms with Crippen LogP contribution in [0, 0.1) is 0 Å². The van der Waals surface area contributed by atoms with Crippen molar-refractivity contribution < 1.29 is 4.74 Å². The fourth-order valence-electron chi connectivity index (χ4n) is 1.82. The van der Waals surface area contributed by atoms with Crippen LogP contribution < -0.4 is 15.4 Å². The van der Waals surface area contributed by atoms with Crippen molar-refractivity contribution in [2.24, 2.45) is 12.0 Å². The summed E-state index contributed by atoms with van der Waals surface area (Å²) in [5.41, 5.74) is 1.12. The Labute approximate surface area is 124 Å². The summed E-state index contributed by atoms with van der Waals surface area (Å²) < 4.78 is 7.07. The van der Waals surface area contributed by atoms with Crippen LogP contribution in [0.15, 0.2) is 35.6 Å². The zero-order valence-electron chi connectivity index (χ0n) is 12.5. The average Bonchev–Trinajstić information content (AvgIpc) is 2.93. The second kappa shape index (κ2) is 7.28. The minimum Gasteiger partial charge on any atom is -0.497 e. The van der Waals surface area contributed by atoms with Gasteiger partial charge in [-0.3, -0.25) is 4.99 Å². The number of methoxy groups -OCH3 is 1. The predicted octanol–water partition coefficient (Wildman–Crippen LogP) is 0.689. The third kappa shape index (κ3) is 4.20. The minimum atomic E-state index is 0.564. The molecule has 2 aromatic rings. The van der Waals surface area contributed by atoms with Gasteiger partial charge in [-0.2, -0.15) is 0 Å². The first-order chi connectivity index (χ1) is 10.2. The van der Waals surface area contributed by atoms with Crippen LogP contribution in [0.2, 0.25) is 0 Å². The van der Waals surface area contributed by atoms with Crippen molar-refractivity contribution in [1.82, 2.24) is 25.4 Å². The first kappa shape index (κ1) is 14.8. The van der Waals surface area contributed by atoms with Gasteiger partial charge in [0.2, 0.25) is 0 Å². The zero-order valence-corrected chi connectivity index (χ0v) is 12.5. The van der Waals surface area contributed by atoms with Crippen molar-refractivity contribution >= 4 is 5.96 Å². The van der Waals surface area contributed by atoms with E-state index in [9.17, 15) is 0 Å². The molecule has 112 valence electrons. The molecule has 0 aliphatic heterocycles. The van der Waals surface area contributed by atoms with Crippen LogP contribution in [0.4, 0.5) is 0 Å².